The van der Waals surface area contributed by atoms with Crippen molar-refractivity contribution in [2.45, 2.75) is 12.8 Å². The van der Waals surface area contributed by atoms with Crippen molar-refractivity contribution in [3.63, 3.8) is 0 Å². The number of nitrogens with one attached hydrogen (secondary N) is 4. The van der Waals surface area contributed by atoms with Gasteiger partial charge < -0.3 is 20.5 Å². The fourth-order valence-electron chi connectivity index (χ4n) is 4.76. The number of carbonyl (C=O) groups is 2. The first kappa shape index (κ1) is 23.7. The van der Waals surface area contributed by atoms with Gasteiger partial charge in [0.1, 0.15) is 11.2 Å². The molecule has 0 bridgehead atoms. The fourth-order valence-corrected chi connectivity index (χ4v) is 4.76. The minimum absolute atomic E-state index is 0.00331. The molecule has 0 unspecified atom stereocenters. The third-order valence-electron chi connectivity index (χ3n) is 6.93. The van der Waals surface area contributed by atoms with Crippen molar-refractivity contribution in [2.75, 3.05) is 32.5 Å². The Morgan fingerprint density at radius 3 is 2.68 bits per heavy atom. The van der Waals surface area contributed by atoms with E-state index in [0.717, 1.165) is 42.4 Å². The van der Waals surface area contributed by atoms with Crippen LogP contribution in [0.25, 0.3) is 44.8 Å². The van der Waals surface area contributed by atoms with Crippen LogP contribution in [0.4, 0.5) is 5.69 Å². The van der Waals surface area contributed by atoms with Gasteiger partial charge in [-0.3, -0.25) is 19.7 Å². The molecule has 0 atom stereocenters. The van der Waals surface area contributed by atoms with Crippen LogP contribution < -0.4 is 10.6 Å². The highest BCUT2D eigenvalue weighted by molar-refractivity contribution is 6.05. The maximum Gasteiger partial charge on any atom is 0.253 e. The molecule has 1 fully saturated rings. The number of carbonyl (C=O) groups excluding carboxylic acids is 2. The molecule has 0 radical (unpaired) electrons. The van der Waals surface area contributed by atoms with Gasteiger partial charge in [0.2, 0.25) is 5.91 Å². The molecule has 192 valence electrons. The topological polar surface area (TPSA) is 157 Å². The van der Waals surface area contributed by atoms with Gasteiger partial charge >= 0.3 is 0 Å². The van der Waals surface area contributed by atoms with E-state index in [1.54, 1.807) is 37.9 Å². The molecule has 1 aliphatic heterocycles. The summed E-state index contributed by atoms with van der Waals surface area (Å²) in [6, 6.07) is 5.46. The lowest BCUT2D eigenvalue weighted by molar-refractivity contribution is -0.121. The lowest BCUT2D eigenvalue weighted by Gasteiger charge is -2.28. The Morgan fingerprint density at radius 2 is 1.87 bits per heavy atom. The molecule has 1 saturated heterocycles. The molecule has 4 N–H and O–H groups in total. The molecule has 0 saturated carbocycles. The van der Waals surface area contributed by atoms with Crippen molar-refractivity contribution in [1.29, 1.82) is 0 Å². The standard InChI is InChI=1S/C26H26N10O2/c1-27-26(38)18-3-6-29-23-20(18)32-24(33-23)21-19-10-16(12-30-22(19)35-34-21)15-9-17(13-28-11-15)31-25(37)14-4-7-36(2)8-5-14/h3,6,9-14H,4-5,7-8H2,1-2H3,(H,27,38)(H,31,37)(H,29,32,33)(H,30,34,35). The van der Waals surface area contributed by atoms with Crippen LogP contribution in [0, 0.1) is 5.92 Å². The molecular weight excluding hydrogens is 484 g/mol. The van der Waals surface area contributed by atoms with Crippen molar-refractivity contribution in [3.8, 4) is 22.6 Å². The summed E-state index contributed by atoms with van der Waals surface area (Å²) in [5.74, 6) is 0.244. The van der Waals surface area contributed by atoms with Crippen LogP contribution in [-0.2, 0) is 4.79 Å². The largest absolute Gasteiger partial charge is 0.355 e. The fraction of sp³-hybridized carbons (Fsp3) is 0.269. The number of fused-ring (bicyclic) bond motifs is 2. The number of piperidine rings is 1. The molecule has 6 heterocycles. The SMILES string of the molecule is CNC(=O)c1ccnc2[nH]c(-c3n[nH]c4ncc(-c5cncc(NC(=O)C6CCN(C)CC6)c5)cc34)nc12. The van der Waals surface area contributed by atoms with Crippen molar-refractivity contribution in [2.24, 2.45) is 5.92 Å². The van der Waals surface area contributed by atoms with E-state index in [1.807, 2.05) is 12.1 Å². The number of aromatic nitrogens is 7. The number of aromatic amines is 2. The molecule has 5 aromatic heterocycles. The van der Waals surface area contributed by atoms with Gasteiger partial charge in [-0.25, -0.2) is 15.0 Å². The van der Waals surface area contributed by atoms with Crippen LogP contribution in [0.3, 0.4) is 0 Å². The lowest BCUT2D eigenvalue weighted by Crippen LogP contribution is -2.35. The average molecular weight is 511 g/mol. The molecule has 0 aromatic carbocycles. The number of nitrogens with zero attached hydrogens (tertiary/aromatic N) is 6. The second-order valence-corrected chi connectivity index (χ2v) is 9.44. The highest BCUT2D eigenvalue weighted by Crippen LogP contribution is 2.30. The van der Waals surface area contributed by atoms with Crippen LogP contribution in [-0.4, -0.2) is 79.0 Å². The maximum absolute atomic E-state index is 12.8. The van der Waals surface area contributed by atoms with Crippen molar-refractivity contribution >= 4 is 39.7 Å². The zero-order valence-electron chi connectivity index (χ0n) is 20.9. The van der Waals surface area contributed by atoms with Gasteiger partial charge in [-0.2, -0.15) is 5.10 Å². The highest BCUT2D eigenvalue weighted by atomic mass is 16.2. The number of anilines is 1. The number of H-pyrrole nitrogens is 2. The van der Waals surface area contributed by atoms with E-state index in [-0.39, 0.29) is 17.7 Å². The Morgan fingerprint density at radius 1 is 1.05 bits per heavy atom. The van der Waals surface area contributed by atoms with Crippen molar-refractivity contribution in [3.05, 3.63) is 48.5 Å². The molecule has 12 heteroatoms. The number of amides is 2. The summed E-state index contributed by atoms with van der Waals surface area (Å²) >= 11 is 0. The molecule has 0 spiro atoms. The maximum atomic E-state index is 12.8. The second-order valence-electron chi connectivity index (χ2n) is 9.44. The van der Waals surface area contributed by atoms with Crippen LogP contribution >= 0.6 is 0 Å². The number of likely N-dealkylation sites (tertiary alicyclic amines) is 1. The summed E-state index contributed by atoms with van der Waals surface area (Å²) in [7, 11) is 3.64. The zero-order chi connectivity index (χ0) is 26.2. The Balaban J connectivity index is 1.31. The van der Waals surface area contributed by atoms with E-state index in [1.165, 1.54) is 0 Å². The van der Waals surface area contributed by atoms with E-state index in [9.17, 15) is 9.59 Å². The first-order valence-corrected chi connectivity index (χ1v) is 12.4. The number of hydrogen-bond acceptors (Lipinski definition) is 8. The molecule has 38 heavy (non-hydrogen) atoms. The van der Waals surface area contributed by atoms with E-state index in [0.29, 0.717) is 39.6 Å². The Labute approximate surface area is 217 Å². The first-order chi connectivity index (χ1) is 18.5. The predicted molar refractivity (Wildman–Crippen MR) is 142 cm³/mol. The molecule has 12 nitrogen and oxygen atoms in total. The van der Waals surface area contributed by atoms with Gasteiger partial charge in [0, 0.05) is 42.7 Å². The predicted octanol–water partition coefficient (Wildman–Crippen LogP) is 2.60. The summed E-state index contributed by atoms with van der Waals surface area (Å²) in [5.41, 5.74) is 4.76. The average Bonchev–Trinajstić information content (AvgIpc) is 3.56. The Kier molecular flexibility index (Phi) is 6.00. The molecule has 1 aliphatic rings. The number of rotatable bonds is 5. The Bertz CT molecular complexity index is 1670. The normalized spacial score (nSPS) is 14.7. The summed E-state index contributed by atoms with van der Waals surface area (Å²) in [6.07, 6.45) is 8.37. The third kappa shape index (κ3) is 4.34. The highest BCUT2D eigenvalue weighted by Gasteiger charge is 2.24. The van der Waals surface area contributed by atoms with E-state index >= 15 is 0 Å². The molecule has 0 aliphatic carbocycles. The van der Waals surface area contributed by atoms with Crippen LogP contribution in [0.2, 0.25) is 0 Å². The van der Waals surface area contributed by atoms with Gasteiger partial charge in [0.25, 0.3) is 5.91 Å². The quantitative estimate of drug-likeness (QED) is 0.281. The minimum Gasteiger partial charge on any atom is -0.355 e. The van der Waals surface area contributed by atoms with Crippen LogP contribution in [0.5, 0.6) is 0 Å². The summed E-state index contributed by atoms with van der Waals surface area (Å²) in [6.45, 7) is 1.84. The van der Waals surface area contributed by atoms with E-state index < -0.39 is 0 Å². The smallest absolute Gasteiger partial charge is 0.253 e. The number of imidazole rings is 1. The zero-order valence-corrected chi connectivity index (χ0v) is 20.9. The Hall–Kier alpha value is -4.71. The van der Waals surface area contributed by atoms with Crippen LogP contribution in [0.1, 0.15) is 23.2 Å². The van der Waals surface area contributed by atoms with Gasteiger partial charge in [-0.1, -0.05) is 0 Å². The van der Waals surface area contributed by atoms with Gasteiger partial charge in [-0.05, 0) is 51.2 Å². The van der Waals surface area contributed by atoms with Gasteiger partial charge in [0.05, 0.1) is 22.8 Å². The minimum atomic E-state index is -0.249. The van der Waals surface area contributed by atoms with Crippen molar-refractivity contribution < 1.29 is 9.59 Å². The summed E-state index contributed by atoms with van der Waals surface area (Å²) in [5, 5.41) is 13.7. The summed E-state index contributed by atoms with van der Waals surface area (Å²) in [4.78, 5) is 48.3. The van der Waals surface area contributed by atoms with Gasteiger partial charge in [0.15, 0.2) is 17.1 Å². The van der Waals surface area contributed by atoms with E-state index in [4.69, 9.17) is 0 Å². The number of pyridine rings is 3. The third-order valence-corrected chi connectivity index (χ3v) is 6.93. The van der Waals surface area contributed by atoms with E-state index in [2.05, 4.69) is 57.7 Å². The molecule has 5 aromatic rings. The lowest BCUT2D eigenvalue weighted by atomic mass is 9.96. The molecule has 6 rings (SSSR count). The van der Waals surface area contributed by atoms with Crippen LogP contribution in [0.15, 0.2) is 43.0 Å². The van der Waals surface area contributed by atoms with Gasteiger partial charge in [-0.15, -0.1) is 0 Å². The second kappa shape index (κ2) is 9.63. The van der Waals surface area contributed by atoms with Crippen molar-refractivity contribution in [1.82, 2.24) is 45.3 Å². The first-order valence-electron chi connectivity index (χ1n) is 12.4. The monoisotopic (exact) mass is 510 g/mol. The molecule has 2 amide bonds. The molecular formula is C26H26N10O2. The summed E-state index contributed by atoms with van der Waals surface area (Å²) < 4.78 is 0. The number of hydrogen-bond donors (Lipinski definition) is 4.